The number of carbonyl (C=O) groups is 1. The molecule has 0 radical (unpaired) electrons. The minimum Gasteiger partial charge on any atom is -0.479 e. The van der Waals surface area contributed by atoms with Crippen LogP contribution in [0.1, 0.15) is 6.42 Å². The maximum Gasteiger partial charge on any atom is 0.337 e. The van der Waals surface area contributed by atoms with Crippen LogP contribution in [0.25, 0.3) is 0 Å². The Bertz CT molecular complexity index is 202. The van der Waals surface area contributed by atoms with Gasteiger partial charge in [0.05, 0.1) is 6.61 Å². The van der Waals surface area contributed by atoms with Gasteiger partial charge in [-0.2, -0.15) is 0 Å². The van der Waals surface area contributed by atoms with Crippen molar-refractivity contribution in [1.82, 2.24) is 4.90 Å². The van der Waals surface area contributed by atoms with Crippen LogP contribution < -0.4 is 0 Å². The van der Waals surface area contributed by atoms with Gasteiger partial charge in [-0.15, -0.1) is 0 Å². The number of rotatable bonds is 1. The van der Waals surface area contributed by atoms with E-state index in [1.165, 1.54) is 0 Å². The first-order valence-electron chi connectivity index (χ1n) is 3.72. The van der Waals surface area contributed by atoms with Gasteiger partial charge in [-0.1, -0.05) is 0 Å². The Morgan fingerprint density at radius 1 is 1.82 bits per heavy atom. The zero-order valence-corrected chi connectivity index (χ0v) is 6.41. The molecule has 0 aromatic carbocycles. The lowest BCUT2D eigenvalue weighted by molar-refractivity contribution is -0.162. The number of ether oxygens (including phenoxy) is 1. The lowest BCUT2D eigenvalue weighted by Crippen LogP contribution is -2.45. The molecule has 4 heteroatoms. The second kappa shape index (κ2) is 1.95. The number of aliphatic carboxylic acids is 1. The van der Waals surface area contributed by atoms with E-state index in [-0.39, 0.29) is 0 Å². The van der Waals surface area contributed by atoms with Crippen LogP contribution >= 0.6 is 0 Å². The molecule has 0 aromatic rings. The number of nitrogens with zero attached hydrogens (tertiary/aromatic N) is 1. The third kappa shape index (κ3) is 0.795. The van der Waals surface area contributed by atoms with E-state index in [1.807, 2.05) is 7.05 Å². The van der Waals surface area contributed by atoms with Crippen molar-refractivity contribution in [3.05, 3.63) is 0 Å². The Balaban J connectivity index is 2.23. The molecule has 1 N–H and O–H groups in total. The number of carboxylic acid groups (broad SMARTS) is 1. The van der Waals surface area contributed by atoms with Gasteiger partial charge in [-0.25, -0.2) is 4.79 Å². The minimum atomic E-state index is -0.876. The van der Waals surface area contributed by atoms with Gasteiger partial charge in [0, 0.05) is 19.0 Å². The van der Waals surface area contributed by atoms with Crippen molar-refractivity contribution in [2.24, 2.45) is 0 Å². The minimum absolute atomic E-state index is 0.325. The van der Waals surface area contributed by atoms with Gasteiger partial charge in [-0.3, -0.25) is 4.90 Å². The van der Waals surface area contributed by atoms with E-state index < -0.39 is 11.6 Å². The molecule has 2 heterocycles. The van der Waals surface area contributed by atoms with Gasteiger partial charge < -0.3 is 9.84 Å². The standard InChI is InChI=1S/C7H11NO3/c1-8-4-7(6(9)10)2-5(8)3-11-7/h5H,2-4H2,1H3,(H,9,10). The Morgan fingerprint density at radius 2 is 2.55 bits per heavy atom. The van der Waals surface area contributed by atoms with Crippen molar-refractivity contribution < 1.29 is 14.6 Å². The summed E-state index contributed by atoms with van der Waals surface area (Å²) in [6, 6.07) is 0.325. The summed E-state index contributed by atoms with van der Waals surface area (Å²) >= 11 is 0. The van der Waals surface area contributed by atoms with Crippen LogP contribution in [0, 0.1) is 0 Å². The predicted octanol–water partition coefficient (Wildman–Crippen LogP) is -0.456. The van der Waals surface area contributed by atoms with Crippen LogP contribution in [0.4, 0.5) is 0 Å². The fraction of sp³-hybridized carbons (Fsp3) is 0.857. The van der Waals surface area contributed by atoms with Crippen molar-refractivity contribution in [2.75, 3.05) is 20.2 Å². The Labute approximate surface area is 64.7 Å². The summed E-state index contributed by atoms with van der Waals surface area (Å²) < 4.78 is 5.23. The highest BCUT2D eigenvalue weighted by atomic mass is 16.5. The molecule has 2 aliphatic heterocycles. The van der Waals surface area contributed by atoms with Crippen LogP contribution in [-0.4, -0.2) is 47.8 Å². The van der Waals surface area contributed by atoms with Crippen LogP contribution in [0.15, 0.2) is 0 Å². The molecular formula is C7H11NO3. The first kappa shape index (κ1) is 7.06. The molecule has 2 atom stereocenters. The normalized spacial score (nSPS) is 43.2. The maximum absolute atomic E-state index is 10.8. The fourth-order valence-electron chi connectivity index (χ4n) is 1.90. The molecule has 2 unspecified atom stereocenters. The molecule has 4 nitrogen and oxygen atoms in total. The lowest BCUT2D eigenvalue weighted by Gasteiger charge is -2.26. The largest absolute Gasteiger partial charge is 0.479 e. The van der Waals surface area contributed by atoms with Crippen molar-refractivity contribution in [3.63, 3.8) is 0 Å². The van der Waals surface area contributed by atoms with Crippen molar-refractivity contribution >= 4 is 5.97 Å². The molecule has 0 aromatic heterocycles. The summed E-state index contributed by atoms with van der Waals surface area (Å²) in [6.45, 7) is 1.11. The van der Waals surface area contributed by atoms with E-state index in [1.54, 1.807) is 0 Å². The molecule has 11 heavy (non-hydrogen) atoms. The second-order valence-electron chi connectivity index (χ2n) is 3.38. The van der Waals surface area contributed by atoms with Gasteiger partial charge >= 0.3 is 5.97 Å². The number of morpholine rings is 1. The number of hydrogen-bond donors (Lipinski definition) is 1. The monoisotopic (exact) mass is 157 g/mol. The van der Waals surface area contributed by atoms with E-state index >= 15 is 0 Å². The number of carboxylic acids is 1. The molecule has 2 fully saturated rings. The third-order valence-corrected chi connectivity index (χ3v) is 2.64. The highest BCUT2D eigenvalue weighted by molar-refractivity contribution is 5.79. The van der Waals surface area contributed by atoms with Gasteiger partial charge in [0.15, 0.2) is 5.60 Å². The topological polar surface area (TPSA) is 49.8 Å². The van der Waals surface area contributed by atoms with Gasteiger partial charge in [0.2, 0.25) is 0 Å². The molecule has 0 saturated carbocycles. The van der Waals surface area contributed by atoms with E-state index in [0.29, 0.717) is 25.6 Å². The molecule has 62 valence electrons. The SMILES string of the molecule is CN1CC2(C(=O)O)CC1CO2. The number of hydrogen-bond acceptors (Lipinski definition) is 3. The molecule has 0 amide bonds. The van der Waals surface area contributed by atoms with E-state index in [9.17, 15) is 4.79 Å². The van der Waals surface area contributed by atoms with Gasteiger partial charge in [0.25, 0.3) is 0 Å². The summed E-state index contributed by atoms with van der Waals surface area (Å²) in [4.78, 5) is 12.8. The van der Waals surface area contributed by atoms with Crippen LogP contribution in [0.5, 0.6) is 0 Å². The van der Waals surface area contributed by atoms with Crippen LogP contribution in [0.2, 0.25) is 0 Å². The van der Waals surface area contributed by atoms with E-state index in [0.717, 1.165) is 0 Å². The summed E-state index contributed by atoms with van der Waals surface area (Å²) in [5.41, 5.74) is -0.876. The summed E-state index contributed by atoms with van der Waals surface area (Å²) in [7, 11) is 1.94. The molecule has 2 bridgehead atoms. The molecule has 2 rings (SSSR count). The molecule has 2 aliphatic rings. The lowest BCUT2D eigenvalue weighted by atomic mass is 10.0. The average Bonchev–Trinajstić information content (AvgIpc) is 2.44. The average molecular weight is 157 g/mol. The summed E-state index contributed by atoms with van der Waals surface area (Å²) in [5.74, 6) is -0.815. The smallest absolute Gasteiger partial charge is 0.337 e. The molecule has 0 aliphatic carbocycles. The Kier molecular flexibility index (Phi) is 1.25. The third-order valence-electron chi connectivity index (χ3n) is 2.64. The van der Waals surface area contributed by atoms with Crippen molar-refractivity contribution in [3.8, 4) is 0 Å². The first-order valence-corrected chi connectivity index (χ1v) is 3.72. The Morgan fingerprint density at radius 3 is 2.82 bits per heavy atom. The van der Waals surface area contributed by atoms with Gasteiger partial charge in [0.1, 0.15) is 0 Å². The van der Waals surface area contributed by atoms with E-state index in [2.05, 4.69) is 4.90 Å². The highest BCUT2D eigenvalue weighted by Crippen LogP contribution is 2.36. The quantitative estimate of drug-likeness (QED) is 0.559. The maximum atomic E-state index is 10.8. The zero-order valence-electron chi connectivity index (χ0n) is 6.41. The van der Waals surface area contributed by atoms with Gasteiger partial charge in [-0.05, 0) is 7.05 Å². The van der Waals surface area contributed by atoms with E-state index in [4.69, 9.17) is 9.84 Å². The summed E-state index contributed by atoms with van der Waals surface area (Å²) in [5, 5.41) is 8.86. The first-order chi connectivity index (χ1) is 5.14. The van der Waals surface area contributed by atoms with Crippen molar-refractivity contribution in [1.29, 1.82) is 0 Å². The number of likely N-dealkylation sites (tertiary alicyclic amines) is 1. The van der Waals surface area contributed by atoms with Crippen LogP contribution in [-0.2, 0) is 9.53 Å². The molecular weight excluding hydrogens is 146 g/mol. The van der Waals surface area contributed by atoms with Crippen molar-refractivity contribution in [2.45, 2.75) is 18.1 Å². The number of fused-ring (bicyclic) bond motifs is 2. The van der Waals surface area contributed by atoms with Crippen LogP contribution in [0.3, 0.4) is 0 Å². The fourth-order valence-corrected chi connectivity index (χ4v) is 1.90. The molecule has 2 saturated heterocycles. The summed E-state index contributed by atoms with van der Waals surface area (Å²) in [6.07, 6.45) is 0.652. The second-order valence-corrected chi connectivity index (χ2v) is 3.38. The molecule has 0 spiro atoms. The Hall–Kier alpha value is -0.610. The highest BCUT2D eigenvalue weighted by Gasteiger charge is 2.54. The number of likely N-dealkylation sites (N-methyl/N-ethyl adjacent to an activating group) is 1. The zero-order chi connectivity index (χ0) is 8.06. The predicted molar refractivity (Wildman–Crippen MR) is 37.4 cm³/mol.